The van der Waals surface area contributed by atoms with Gasteiger partial charge in [-0.1, -0.05) is 61.2 Å². The minimum absolute atomic E-state index is 0. The number of fused-ring (bicyclic) bond motifs is 3. The van der Waals surface area contributed by atoms with Crippen LogP contribution in [0.5, 0.6) is 23.0 Å². The third-order valence-electron chi connectivity index (χ3n) is 8.53. The van der Waals surface area contributed by atoms with Crippen LogP contribution in [0, 0.1) is 20.2 Å². The van der Waals surface area contributed by atoms with Crippen molar-refractivity contribution in [3.8, 4) is 23.0 Å². The number of azo groups is 2. The Kier molecular flexibility index (Phi) is 15.0. The van der Waals surface area contributed by atoms with Gasteiger partial charge in [0.1, 0.15) is 39.1 Å². The Labute approximate surface area is 378 Å². The van der Waals surface area contributed by atoms with Crippen LogP contribution in [0.15, 0.2) is 147 Å². The largest absolute Gasteiger partial charge is 1.00 e. The molecule has 0 aliphatic heterocycles. The van der Waals surface area contributed by atoms with Crippen molar-refractivity contribution in [3.63, 3.8) is 0 Å². The Morgan fingerprint density at radius 3 is 1.89 bits per heavy atom. The molecule has 0 bridgehead atoms. The van der Waals surface area contributed by atoms with E-state index in [1.165, 1.54) is 18.2 Å². The van der Waals surface area contributed by atoms with Crippen LogP contribution in [0.3, 0.4) is 0 Å². The number of hydrogen-bond donors (Lipinski definition) is 6. The van der Waals surface area contributed by atoms with Gasteiger partial charge < -0.3 is 25.7 Å². The van der Waals surface area contributed by atoms with E-state index in [4.69, 9.17) is 0 Å². The first-order valence-corrected chi connectivity index (χ1v) is 18.1. The average Bonchev–Trinajstić information content (AvgIpc) is 3.21. The summed E-state index contributed by atoms with van der Waals surface area (Å²) in [6, 6.07) is 25.7. The molecular formula is C39H28CrN7NaO12S+2. The zero-order valence-corrected chi connectivity index (χ0v) is 35.4. The Morgan fingerprint density at radius 1 is 0.656 bits per heavy atom. The first kappa shape index (κ1) is 46.9. The monoisotopic (exact) mass is 893 g/mol. The van der Waals surface area contributed by atoms with Crippen LogP contribution >= 0.6 is 0 Å². The van der Waals surface area contributed by atoms with E-state index in [-0.39, 0.29) is 105 Å². The van der Waals surface area contributed by atoms with Crippen molar-refractivity contribution in [1.29, 1.82) is 0 Å². The molecule has 0 spiro atoms. The molecule has 6 N–H and O–H groups in total. The maximum Gasteiger partial charge on any atom is 1.00 e. The number of nitrogens with zero attached hydrogens (tertiary/aromatic N) is 6. The van der Waals surface area contributed by atoms with Gasteiger partial charge >= 0.3 is 31.0 Å². The Bertz CT molecular complexity index is 3090. The summed E-state index contributed by atoms with van der Waals surface area (Å²) >= 11 is 0. The van der Waals surface area contributed by atoms with Gasteiger partial charge in [0.05, 0.1) is 15.5 Å². The number of carbonyl (C=O) groups excluding carboxylic acids is 1. The van der Waals surface area contributed by atoms with Gasteiger partial charge in [0.25, 0.3) is 21.5 Å². The van der Waals surface area contributed by atoms with Crippen LogP contribution in [-0.4, -0.2) is 49.2 Å². The summed E-state index contributed by atoms with van der Waals surface area (Å²) in [5.41, 5.74) is -0.554. The molecule has 302 valence electrons. The van der Waals surface area contributed by atoms with E-state index in [1.807, 2.05) is 6.07 Å². The van der Waals surface area contributed by atoms with Crippen molar-refractivity contribution in [2.75, 3.05) is 5.32 Å². The number of rotatable bonds is 9. The molecule has 22 heteroatoms. The quantitative estimate of drug-likeness (QED) is 0.0166. The van der Waals surface area contributed by atoms with E-state index in [0.29, 0.717) is 21.8 Å². The number of amides is 1. The van der Waals surface area contributed by atoms with E-state index >= 15 is 0 Å². The minimum Gasteiger partial charge on any atom is -0.506 e. The number of anilines is 1. The number of non-ortho nitro benzene ring substituents is 2. The first-order valence-electron chi connectivity index (χ1n) is 16.7. The van der Waals surface area contributed by atoms with Crippen LogP contribution < -0.4 is 34.9 Å². The Hall–Kier alpha value is -6.83. The zero-order valence-electron chi connectivity index (χ0n) is 32.3. The van der Waals surface area contributed by atoms with Crippen LogP contribution in [0.1, 0.15) is 1.43 Å². The van der Waals surface area contributed by atoms with E-state index in [0.717, 1.165) is 47.9 Å². The number of aromatic hydroxyl groups is 4. The molecule has 1 amide bonds. The second-order valence-electron chi connectivity index (χ2n) is 12.2. The number of phenolic OH excluding ortho intramolecular Hbond substituents is 4. The average molecular weight is 894 g/mol. The van der Waals surface area contributed by atoms with Gasteiger partial charge in [0.15, 0.2) is 11.5 Å². The third-order valence-corrected chi connectivity index (χ3v) is 9.43. The fourth-order valence-corrected chi connectivity index (χ4v) is 6.44. The summed E-state index contributed by atoms with van der Waals surface area (Å²) < 4.78 is 32.9. The topological polar surface area (TPSA) is 300 Å². The van der Waals surface area contributed by atoms with Gasteiger partial charge in [-0.2, -0.15) is 8.42 Å². The summed E-state index contributed by atoms with van der Waals surface area (Å²) in [5, 5.41) is 83.4. The van der Waals surface area contributed by atoms with Crippen molar-refractivity contribution < 1.29 is 96.4 Å². The summed E-state index contributed by atoms with van der Waals surface area (Å²) in [4.78, 5) is 31.6. The predicted octanol–water partition coefficient (Wildman–Crippen LogP) is 6.79. The zero-order chi connectivity index (χ0) is 42.6. The molecule has 0 unspecified atom stereocenters. The van der Waals surface area contributed by atoms with Gasteiger partial charge in [-0.05, 0) is 35.7 Å². The van der Waals surface area contributed by atoms with Crippen molar-refractivity contribution in [3.05, 3.63) is 142 Å². The fourth-order valence-electron chi connectivity index (χ4n) is 5.73. The third kappa shape index (κ3) is 10.3. The molecule has 0 heterocycles. The minimum atomic E-state index is -4.80. The van der Waals surface area contributed by atoms with Crippen LogP contribution in [0.2, 0.25) is 0 Å². The standard InChI is InChI=1S/C20H13N3O7S.C19H14N4O5.Cr.Na/c24-17-10-18(31(28,29)30)15-9-12(23(26)27)6-7-14(15)19(17)22-21-16-8-5-11-3-1-2-4-13(11)20(16)25;1-2-18(25)20-14-10-16(19(26)13-6-4-3-5-12(13)14)22-21-15-9-11(23(27)28)7-8-17(15)24;;/h1-10,24-25H,(H,28,29,30);2-10,24,26H,1H2,(H,20,25);;/q;;;+1/p+1. The van der Waals surface area contributed by atoms with E-state index in [9.17, 15) is 58.4 Å². The molecule has 0 fully saturated rings. The summed E-state index contributed by atoms with van der Waals surface area (Å²) in [6.07, 6.45) is 1.10. The molecular weight excluding hydrogens is 866 g/mol. The number of carbonyl (C=O) groups is 1. The molecule has 0 saturated carbocycles. The number of nitro groups is 2. The molecule has 7 rings (SSSR count). The van der Waals surface area contributed by atoms with Crippen molar-refractivity contribution >= 4 is 88.2 Å². The second kappa shape index (κ2) is 19.5. The fraction of sp³-hybridized carbons (Fsp3) is 0. The number of nitrogens with one attached hydrogen (secondary N) is 1. The molecule has 7 aromatic rings. The van der Waals surface area contributed by atoms with E-state index in [2.05, 4.69) is 32.4 Å². The molecule has 0 aliphatic carbocycles. The molecule has 0 aromatic heterocycles. The summed E-state index contributed by atoms with van der Waals surface area (Å²) in [7, 11) is -4.80. The normalized spacial score (nSPS) is 11.1. The van der Waals surface area contributed by atoms with E-state index in [1.54, 1.807) is 48.5 Å². The Balaban J connectivity index is 0.000000317. The summed E-state index contributed by atoms with van der Waals surface area (Å²) in [6.45, 7) is 3.40. The first-order chi connectivity index (χ1) is 28.1. The molecule has 7 aromatic carbocycles. The molecule has 19 nitrogen and oxygen atoms in total. The smallest absolute Gasteiger partial charge is 0.506 e. The maximum absolute atomic E-state index is 11.7. The second-order valence-corrected chi connectivity index (χ2v) is 13.6. The molecule has 0 saturated heterocycles. The number of hydrogen-bond acceptors (Lipinski definition) is 15. The van der Waals surface area contributed by atoms with Gasteiger partial charge in [-0.15, -0.1) is 20.5 Å². The number of nitro benzene ring substituents is 2. The van der Waals surface area contributed by atoms with E-state index < -0.39 is 42.2 Å². The van der Waals surface area contributed by atoms with Gasteiger partial charge in [0, 0.05) is 74.6 Å². The SMILES string of the molecule is C=CC(=O)Nc1cc(N=Nc2cc([N+](=O)[O-])ccc2O)c(O)c2ccccc12.O=[N+]([O-])c1ccc2c(N=Nc3ccc4ccccc4c3O)c(O)cc(S(=O)(=O)O)c2c1.[Cr].[H+].[Na+]. The van der Waals surface area contributed by atoms with Crippen molar-refractivity contribution in [2.24, 2.45) is 20.5 Å². The van der Waals surface area contributed by atoms with Crippen molar-refractivity contribution in [2.45, 2.75) is 4.90 Å². The number of phenols is 4. The van der Waals surface area contributed by atoms with Crippen LogP contribution in [0.25, 0.3) is 32.3 Å². The molecule has 0 aliphatic rings. The van der Waals surface area contributed by atoms with Gasteiger partial charge in [0.2, 0.25) is 5.91 Å². The Morgan fingerprint density at radius 2 is 1.23 bits per heavy atom. The van der Waals surface area contributed by atoms with Crippen LogP contribution in [0.4, 0.5) is 39.8 Å². The number of benzene rings is 7. The molecule has 0 radical (unpaired) electrons. The predicted molar refractivity (Wildman–Crippen MR) is 216 cm³/mol. The molecule has 61 heavy (non-hydrogen) atoms. The van der Waals surface area contributed by atoms with Gasteiger partial charge in [-0.25, -0.2) is 0 Å². The maximum atomic E-state index is 11.7. The van der Waals surface area contributed by atoms with Crippen LogP contribution in [-0.2, 0) is 32.3 Å². The van der Waals surface area contributed by atoms with Crippen molar-refractivity contribution in [1.82, 2.24) is 0 Å². The molecule has 0 atom stereocenters. The van der Waals surface area contributed by atoms with Gasteiger partial charge in [-0.3, -0.25) is 29.6 Å². The summed E-state index contributed by atoms with van der Waals surface area (Å²) in [5.74, 6) is -1.72.